The van der Waals surface area contributed by atoms with Crippen molar-refractivity contribution in [1.29, 1.82) is 0 Å². The first-order chi connectivity index (χ1) is 7.38. The van der Waals surface area contributed by atoms with Crippen LogP contribution in [0.2, 0.25) is 0 Å². The Hall–Kier alpha value is -1.32. The van der Waals surface area contributed by atoms with Crippen LogP contribution in [-0.4, -0.2) is 35.7 Å². The Balaban J connectivity index is 2.53. The Kier molecular flexibility index (Phi) is 4.10. The second-order valence-corrected chi connectivity index (χ2v) is 5.12. The quantitative estimate of drug-likeness (QED) is 0.569. The van der Waals surface area contributed by atoms with Gasteiger partial charge in [0.1, 0.15) is 16.5 Å². The lowest BCUT2D eigenvalue weighted by atomic mass is 10.4. The molecule has 1 rings (SSSR count). The maximum Gasteiger partial charge on any atom is 0.210 e. The first-order valence-corrected chi connectivity index (χ1v) is 6.37. The summed E-state index contributed by atoms with van der Waals surface area (Å²) in [6.07, 6.45) is 2.82. The van der Waals surface area contributed by atoms with Crippen molar-refractivity contribution in [2.45, 2.75) is 0 Å². The van der Waals surface area contributed by atoms with E-state index in [4.69, 9.17) is 23.1 Å². The molecule has 0 aromatic carbocycles. The predicted octanol–water partition coefficient (Wildman–Crippen LogP) is -1.19. The van der Waals surface area contributed by atoms with Gasteiger partial charge in [-0.25, -0.2) is 23.5 Å². The molecule has 7 nitrogen and oxygen atoms in total. The highest BCUT2D eigenvalue weighted by atomic mass is 32.2. The molecule has 0 saturated heterocycles. The number of primary sulfonamides is 1. The summed E-state index contributed by atoms with van der Waals surface area (Å²) in [5.41, 5.74) is 5.74. The maximum atomic E-state index is 10.6. The molecule has 5 N–H and O–H groups in total. The monoisotopic (exact) mass is 261 g/mol. The highest BCUT2D eigenvalue weighted by Crippen LogP contribution is 2.00. The predicted molar refractivity (Wildman–Crippen MR) is 64.4 cm³/mol. The molecule has 0 unspecified atom stereocenters. The lowest BCUT2D eigenvalue weighted by Crippen LogP contribution is -2.22. The molecule has 0 atom stereocenters. The van der Waals surface area contributed by atoms with E-state index in [-0.39, 0.29) is 17.3 Å². The van der Waals surface area contributed by atoms with Gasteiger partial charge in [0.25, 0.3) is 0 Å². The lowest BCUT2D eigenvalue weighted by Gasteiger charge is -2.04. The van der Waals surface area contributed by atoms with Gasteiger partial charge in [0.05, 0.1) is 18.1 Å². The van der Waals surface area contributed by atoms with E-state index in [1.54, 1.807) is 0 Å². The number of aromatic nitrogens is 2. The Morgan fingerprint density at radius 2 is 2.12 bits per heavy atom. The molecule has 0 amide bonds. The summed E-state index contributed by atoms with van der Waals surface area (Å²) in [5, 5.41) is 7.58. The standard InChI is InChI=1S/C7H11N5O2S2/c8-7(15)5-3-12-6(4-11-5)10-1-2-16(9,13)14/h3-4H,1-2H2,(H2,8,15)(H,10,12)(H2,9,13,14). The van der Waals surface area contributed by atoms with E-state index in [0.29, 0.717) is 11.5 Å². The molecule has 0 aliphatic heterocycles. The fourth-order valence-corrected chi connectivity index (χ4v) is 1.36. The van der Waals surface area contributed by atoms with Gasteiger partial charge in [-0.3, -0.25) is 0 Å². The molecular formula is C7H11N5O2S2. The number of thiocarbonyl (C=S) groups is 1. The summed E-state index contributed by atoms with van der Waals surface area (Å²) in [4.78, 5) is 8.02. The zero-order valence-electron chi connectivity index (χ0n) is 8.25. The molecule has 1 heterocycles. The van der Waals surface area contributed by atoms with Crippen LogP contribution in [0.5, 0.6) is 0 Å². The highest BCUT2D eigenvalue weighted by molar-refractivity contribution is 7.89. The van der Waals surface area contributed by atoms with Crippen LogP contribution in [0.15, 0.2) is 12.4 Å². The van der Waals surface area contributed by atoms with Gasteiger partial charge in [-0.2, -0.15) is 0 Å². The Labute approximate surface area is 98.3 Å². The number of rotatable bonds is 5. The van der Waals surface area contributed by atoms with E-state index in [1.165, 1.54) is 12.4 Å². The van der Waals surface area contributed by atoms with E-state index in [9.17, 15) is 8.42 Å². The minimum atomic E-state index is -3.47. The van der Waals surface area contributed by atoms with Crippen molar-refractivity contribution >= 4 is 33.0 Å². The van der Waals surface area contributed by atoms with Gasteiger partial charge in [0, 0.05) is 6.54 Å². The van der Waals surface area contributed by atoms with E-state index in [0.717, 1.165) is 0 Å². The van der Waals surface area contributed by atoms with Gasteiger partial charge in [-0.15, -0.1) is 0 Å². The van der Waals surface area contributed by atoms with Crippen LogP contribution in [0.25, 0.3) is 0 Å². The van der Waals surface area contributed by atoms with Gasteiger partial charge >= 0.3 is 0 Å². The van der Waals surface area contributed by atoms with Crippen molar-refractivity contribution in [2.75, 3.05) is 17.6 Å². The number of nitrogens with one attached hydrogen (secondary N) is 1. The third kappa shape index (κ3) is 4.47. The van der Waals surface area contributed by atoms with Gasteiger partial charge in [-0.1, -0.05) is 12.2 Å². The Morgan fingerprint density at radius 1 is 1.44 bits per heavy atom. The summed E-state index contributed by atoms with van der Waals surface area (Å²) < 4.78 is 21.3. The average molecular weight is 261 g/mol. The Bertz CT molecular complexity index is 470. The average Bonchev–Trinajstić information content (AvgIpc) is 2.16. The number of nitrogens with zero attached hydrogens (tertiary/aromatic N) is 2. The van der Waals surface area contributed by atoms with Crippen LogP contribution in [-0.2, 0) is 10.0 Å². The normalized spacial score (nSPS) is 11.1. The van der Waals surface area contributed by atoms with Gasteiger partial charge < -0.3 is 11.1 Å². The molecule has 88 valence electrons. The molecule has 1 aromatic heterocycles. The molecule has 0 radical (unpaired) electrons. The minimum absolute atomic E-state index is 0.156. The Morgan fingerprint density at radius 3 is 2.56 bits per heavy atom. The zero-order valence-corrected chi connectivity index (χ0v) is 9.88. The van der Waals surface area contributed by atoms with E-state index >= 15 is 0 Å². The molecule has 0 saturated carbocycles. The first-order valence-electron chi connectivity index (χ1n) is 4.25. The van der Waals surface area contributed by atoms with Crippen molar-refractivity contribution in [1.82, 2.24) is 9.97 Å². The second-order valence-electron chi connectivity index (χ2n) is 2.94. The summed E-state index contributed by atoms with van der Waals surface area (Å²) in [6.45, 7) is 0.167. The topological polar surface area (TPSA) is 124 Å². The van der Waals surface area contributed by atoms with E-state index in [1.807, 2.05) is 0 Å². The first kappa shape index (κ1) is 12.7. The molecule has 16 heavy (non-hydrogen) atoms. The van der Waals surface area contributed by atoms with Crippen LogP contribution >= 0.6 is 12.2 Å². The summed E-state index contributed by atoms with van der Waals surface area (Å²) in [5.74, 6) is 0.259. The molecule has 0 fully saturated rings. The number of hydrogen-bond acceptors (Lipinski definition) is 6. The molecule has 0 spiro atoms. The second kappa shape index (κ2) is 5.14. The number of anilines is 1. The van der Waals surface area contributed by atoms with Gasteiger partial charge in [-0.05, 0) is 0 Å². The smallest absolute Gasteiger partial charge is 0.210 e. The van der Waals surface area contributed by atoms with Crippen molar-refractivity contribution < 1.29 is 8.42 Å². The fraction of sp³-hybridized carbons (Fsp3) is 0.286. The lowest BCUT2D eigenvalue weighted by molar-refractivity contribution is 0.598. The summed E-state index contributed by atoms with van der Waals surface area (Å²) in [7, 11) is -3.47. The van der Waals surface area contributed by atoms with Crippen molar-refractivity contribution in [2.24, 2.45) is 10.9 Å². The highest BCUT2D eigenvalue weighted by Gasteiger charge is 2.03. The number of nitrogens with two attached hydrogens (primary N) is 2. The van der Waals surface area contributed by atoms with Crippen LogP contribution in [0.3, 0.4) is 0 Å². The molecule has 0 aliphatic rings. The molecule has 9 heteroatoms. The van der Waals surface area contributed by atoms with Crippen LogP contribution in [0.1, 0.15) is 5.69 Å². The van der Waals surface area contributed by atoms with Crippen molar-refractivity contribution in [3.8, 4) is 0 Å². The summed E-state index contributed by atoms with van der Waals surface area (Å²) >= 11 is 4.70. The molecule has 1 aromatic rings. The fourth-order valence-electron chi connectivity index (χ4n) is 0.868. The van der Waals surface area contributed by atoms with E-state index in [2.05, 4.69) is 15.3 Å². The number of hydrogen-bond donors (Lipinski definition) is 3. The van der Waals surface area contributed by atoms with Gasteiger partial charge in [0.15, 0.2) is 0 Å². The van der Waals surface area contributed by atoms with Crippen LogP contribution in [0, 0.1) is 0 Å². The summed E-state index contributed by atoms with van der Waals surface area (Å²) in [6, 6.07) is 0. The molecule has 0 aliphatic carbocycles. The largest absolute Gasteiger partial charge is 0.388 e. The zero-order chi connectivity index (χ0) is 12.2. The third-order valence-electron chi connectivity index (χ3n) is 1.60. The third-order valence-corrected chi connectivity index (χ3v) is 2.58. The van der Waals surface area contributed by atoms with Crippen molar-refractivity contribution in [3.63, 3.8) is 0 Å². The van der Waals surface area contributed by atoms with Crippen LogP contribution in [0.4, 0.5) is 5.82 Å². The van der Waals surface area contributed by atoms with Crippen molar-refractivity contribution in [3.05, 3.63) is 18.1 Å². The minimum Gasteiger partial charge on any atom is -0.388 e. The maximum absolute atomic E-state index is 10.6. The van der Waals surface area contributed by atoms with Crippen LogP contribution < -0.4 is 16.2 Å². The SMILES string of the molecule is NC(=S)c1cnc(NCCS(N)(=O)=O)cn1. The van der Waals surface area contributed by atoms with E-state index < -0.39 is 10.0 Å². The van der Waals surface area contributed by atoms with Gasteiger partial charge in [0.2, 0.25) is 10.0 Å². The number of sulfonamides is 1. The molecular weight excluding hydrogens is 250 g/mol. The molecule has 0 bridgehead atoms.